The molecule has 0 spiro atoms. The molecule has 0 bridgehead atoms. The molecule has 2 heteroatoms. The smallest absolute Gasteiger partial charge is 0.0634 e. The van der Waals surface area contributed by atoms with Crippen molar-refractivity contribution in [1.82, 2.24) is 5.43 Å². The Morgan fingerprint density at radius 1 is 0.882 bits per heavy atom. The number of allylic oxidation sites excluding steroid dienone is 3. The monoisotopic (exact) mass is 220 g/mol. The lowest BCUT2D eigenvalue weighted by atomic mass is 10.1. The molecule has 2 aromatic rings. The fraction of sp³-hybridized carbons (Fsp3) is 0. The molecular weight excluding hydrogens is 208 g/mol. The molecule has 0 amide bonds. The summed E-state index contributed by atoms with van der Waals surface area (Å²) in [5, 5.41) is 6.57. The van der Waals surface area contributed by atoms with E-state index in [0.717, 1.165) is 11.3 Å². The Bertz CT molecular complexity index is 636. The van der Waals surface area contributed by atoms with Gasteiger partial charge < -0.3 is 0 Å². The van der Waals surface area contributed by atoms with Crippen LogP contribution in [0.1, 0.15) is 5.56 Å². The SMILES string of the molecule is C1=CC=C(c2ccc3ccccc3c2)NN=C1. The van der Waals surface area contributed by atoms with E-state index >= 15 is 0 Å². The van der Waals surface area contributed by atoms with Gasteiger partial charge in [-0.2, -0.15) is 5.10 Å². The molecule has 0 saturated heterocycles. The predicted octanol–water partition coefficient (Wildman–Crippen LogP) is 3.33. The highest BCUT2D eigenvalue weighted by atomic mass is 15.3. The first-order valence-corrected chi connectivity index (χ1v) is 5.59. The normalized spacial score (nSPS) is 14.2. The van der Waals surface area contributed by atoms with Gasteiger partial charge in [0.25, 0.3) is 0 Å². The second-order valence-electron chi connectivity index (χ2n) is 3.92. The van der Waals surface area contributed by atoms with Crippen LogP contribution in [0.4, 0.5) is 0 Å². The molecular formula is C15H12N2. The van der Waals surface area contributed by atoms with E-state index in [1.807, 2.05) is 18.2 Å². The molecule has 0 atom stereocenters. The van der Waals surface area contributed by atoms with Gasteiger partial charge in [0.2, 0.25) is 0 Å². The van der Waals surface area contributed by atoms with E-state index in [0.29, 0.717) is 0 Å². The summed E-state index contributed by atoms with van der Waals surface area (Å²) in [5.41, 5.74) is 5.19. The Balaban J connectivity index is 2.09. The van der Waals surface area contributed by atoms with Gasteiger partial charge >= 0.3 is 0 Å². The lowest BCUT2D eigenvalue weighted by Gasteiger charge is -2.07. The van der Waals surface area contributed by atoms with Crippen LogP contribution in [-0.2, 0) is 0 Å². The maximum atomic E-state index is 4.08. The van der Waals surface area contributed by atoms with Crippen LogP contribution >= 0.6 is 0 Å². The van der Waals surface area contributed by atoms with E-state index in [1.165, 1.54) is 10.8 Å². The fourth-order valence-electron chi connectivity index (χ4n) is 1.91. The highest BCUT2D eigenvalue weighted by Gasteiger charge is 2.01. The second kappa shape index (κ2) is 4.26. The van der Waals surface area contributed by atoms with E-state index in [-0.39, 0.29) is 0 Å². The summed E-state index contributed by atoms with van der Waals surface area (Å²) in [6, 6.07) is 14.8. The minimum atomic E-state index is 1.01. The molecule has 3 rings (SSSR count). The summed E-state index contributed by atoms with van der Waals surface area (Å²) >= 11 is 0. The van der Waals surface area contributed by atoms with Crippen LogP contribution in [0.15, 0.2) is 65.8 Å². The van der Waals surface area contributed by atoms with Crippen LogP contribution < -0.4 is 5.43 Å². The molecule has 82 valence electrons. The number of rotatable bonds is 1. The average molecular weight is 220 g/mol. The van der Waals surface area contributed by atoms with Gasteiger partial charge in [0.15, 0.2) is 0 Å². The minimum absolute atomic E-state index is 1.01. The maximum Gasteiger partial charge on any atom is 0.0634 e. The van der Waals surface area contributed by atoms with E-state index in [9.17, 15) is 0 Å². The summed E-state index contributed by atoms with van der Waals surface area (Å²) in [6.45, 7) is 0. The fourth-order valence-corrected chi connectivity index (χ4v) is 1.91. The van der Waals surface area contributed by atoms with Crippen LogP contribution in [0.2, 0.25) is 0 Å². The molecule has 1 aliphatic rings. The van der Waals surface area contributed by atoms with Gasteiger partial charge in [-0.15, -0.1) is 0 Å². The number of nitrogens with zero attached hydrogens (tertiary/aromatic N) is 1. The number of hydrazone groups is 1. The minimum Gasteiger partial charge on any atom is -0.278 e. The zero-order valence-electron chi connectivity index (χ0n) is 9.30. The summed E-state index contributed by atoms with van der Waals surface area (Å²) in [7, 11) is 0. The third-order valence-corrected chi connectivity index (χ3v) is 2.78. The van der Waals surface area contributed by atoms with Gasteiger partial charge in [0.1, 0.15) is 0 Å². The highest BCUT2D eigenvalue weighted by Crippen LogP contribution is 2.20. The number of fused-ring (bicyclic) bond motifs is 1. The van der Waals surface area contributed by atoms with Crippen LogP contribution in [0.25, 0.3) is 16.5 Å². The highest BCUT2D eigenvalue weighted by molar-refractivity contribution is 5.86. The van der Waals surface area contributed by atoms with Crippen molar-refractivity contribution in [2.75, 3.05) is 0 Å². The molecule has 2 nitrogen and oxygen atoms in total. The molecule has 0 aliphatic carbocycles. The van der Waals surface area contributed by atoms with Crippen molar-refractivity contribution in [2.45, 2.75) is 0 Å². The standard InChI is InChI=1S/C15H12N2/c1-2-6-13-11-14(9-8-12(13)5-1)15-7-3-4-10-16-17-15/h1-11,17H. The Labute approximate surface area is 100.0 Å². The first kappa shape index (κ1) is 9.85. The Hall–Kier alpha value is -2.35. The summed E-state index contributed by atoms with van der Waals surface area (Å²) < 4.78 is 0. The Morgan fingerprint density at radius 3 is 2.71 bits per heavy atom. The number of nitrogens with one attached hydrogen (secondary N) is 1. The lowest BCUT2D eigenvalue weighted by Crippen LogP contribution is -2.02. The molecule has 0 saturated carbocycles. The van der Waals surface area contributed by atoms with Crippen molar-refractivity contribution in [2.24, 2.45) is 5.10 Å². The van der Waals surface area contributed by atoms with Gasteiger partial charge in [0.05, 0.1) is 5.70 Å². The van der Waals surface area contributed by atoms with Gasteiger partial charge in [0, 0.05) is 11.8 Å². The molecule has 1 N–H and O–H groups in total. The zero-order chi connectivity index (χ0) is 11.5. The number of benzene rings is 2. The van der Waals surface area contributed by atoms with Gasteiger partial charge in [-0.05, 0) is 29.0 Å². The predicted molar refractivity (Wildman–Crippen MR) is 72.7 cm³/mol. The molecule has 0 radical (unpaired) electrons. The van der Waals surface area contributed by atoms with Crippen LogP contribution in [0, 0.1) is 0 Å². The third-order valence-electron chi connectivity index (χ3n) is 2.78. The summed E-state index contributed by atoms with van der Waals surface area (Å²) in [6.07, 6.45) is 7.65. The van der Waals surface area contributed by atoms with Crippen molar-refractivity contribution >= 4 is 22.7 Å². The first-order chi connectivity index (χ1) is 8.43. The first-order valence-electron chi connectivity index (χ1n) is 5.59. The van der Waals surface area contributed by atoms with Gasteiger partial charge in [-0.3, -0.25) is 5.43 Å². The largest absolute Gasteiger partial charge is 0.278 e. The van der Waals surface area contributed by atoms with Crippen molar-refractivity contribution in [1.29, 1.82) is 0 Å². The van der Waals surface area contributed by atoms with Crippen molar-refractivity contribution in [3.8, 4) is 0 Å². The lowest BCUT2D eigenvalue weighted by molar-refractivity contribution is 1.00. The van der Waals surface area contributed by atoms with Gasteiger partial charge in [-0.1, -0.05) is 42.5 Å². The van der Waals surface area contributed by atoms with E-state index in [1.54, 1.807) is 6.21 Å². The molecule has 1 heterocycles. The van der Waals surface area contributed by atoms with Crippen LogP contribution in [0.3, 0.4) is 0 Å². The summed E-state index contributed by atoms with van der Waals surface area (Å²) in [4.78, 5) is 0. The van der Waals surface area contributed by atoms with Crippen molar-refractivity contribution < 1.29 is 0 Å². The summed E-state index contributed by atoms with van der Waals surface area (Å²) in [5.74, 6) is 0. The molecule has 0 unspecified atom stereocenters. The van der Waals surface area contributed by atoms with Crippen LogP contribution in [-0.4, -0.2) is 6.21 Å². The maximum absolute atomic E-state index is 4.08. The number of hydrogen-bond acceptors (Lipinski definition) is 2. The molecule has 0 fully saturated rings. The quantitative estimate of drug-likeness (QED) is 0.783. The van der Waals surface area contributed by atoms with Gasteiger partial charge in [-0.25, -0.2) is 0 Å². The van der Waals surface area contributed by atoms with Crippen molar-refractivity contribution in [3.05, 3.63) is 66.3 Å². The zero-order valence-corrected chi connectivity index (χ0v) is 9.30. The number of hydrogen-bond donors (Lipinski definition) is 1. The average Bonchev–Trinajstić information content (AvgIpc) is 2.67. The Kier molecular flexibility index (Phi) is 2.47. The van der Waals surface area contributed by atoms with E-state index in [4.69, 9.17) is 0 Å². The van der Waals surface area contributed by atoms with Crippen molar-refractivity contribution in [3.63, 3.8) is 0 Å². The molecule has 1 aliphatic heterocycles. The topological polar surface area (TPSA) is 24.4 Å². The second-order valence-corrected chi connectivity index (χ2v) is 3.92. The molecule has 0 aromatic heterocycles. The third kappa shape index (κ3) is 1.97. The molecule has 17 heavy (non-hydrogen) atoms. The Morgan fingerprint density at radius 2 is 1.76 bits per heavy atom. The molecule has 2 aromatic carbocycles. The van der Waals surface area contributed by atoms with Crippen LogP contribution in [0.5, 0.6) is 0 Å². The van der Waals surface area contributed by atoms with E-state index < -0.39 is 0 Å². The van der Waals surface area contributed by atoms with E-state index in [2.05, 4.69) is 53.0 Å².